The van der Waals surface area contributed by atoms with E-state index in [1.54, 1.807) is 31.2 Å². The number of alkyl halides is 3. The molecule has 1 N–H and O–H groups in total. The minimum absolute atomic E-state index is 0.201. The van der Waals surface area contributed by atoms with Gasteiger partial charge in [-0.15, -0.1) is 0 Å². The fourth-order valence-electron chi connectivity index (χ4n) is 2.05. The minimum Gasteiger partial charge on any atom is -0.378 e. The molecule has 0 amide bonds. The predicted octanol–water partition coefficient (Wildman–Crippen LogP) is 6.29. The van der Waals surface area contributed by atoms with Crippen molar-refractivity contribution in [1.82, 2.24) is 0 Å². The van der Waals surface area contributed by atoms with Crippen molar-refractivity contribution in [3.05, 3.63) is 63.1 Å². The van der Waals surface area contributed by atoms with Gasteiger partial charge in [-0.2, -0.15) is 13.2 Å². The maximum Gasteiger partial charge on any atom is 0.416 e. The molecule has 0 fully saturated rings. The van der Waals surface area contributed by atoms with E-state index in [9.17, 15) is 13.2 Å². The van der Waals surface area contributed by atoms with E-state index in [0.717, 1.165) is 6.07 Å². The number of hydrogen-bond donors (Lipinski definition) is 1. The molecule has 0 saturated heterocycles. The van der Waals surface area contributed by atoms with Gasteiger partial charge in [-0.25, -0.2) is 0 Å². The van der Waals surface area contributed by atoms with Gasteiger partial charge in [0.2, 0.25) is 0 Å². The van der Waals surface area contributed by atoms with Gasteiger partial charge in [0.1, 0.15) is 0 Å². The van der Waals surface area contributed by atoms with Crippen LogP contribution in [0.25, 0.3) is 0 Å². The fourth-order valence-corrected chi connectivity index (χ4v) is 2.85. The van der Waals surface area contributed by atoms with Crippen LogP contribution in [0.15, 0.2) is 46.9 Å². The first kappa shape index (κ1) is 16.2. The van der Waals surface area contributed by atoms with Gasteiger partial charge in [0.15, 0.2) is 0 Å². The smallest absolute Gasteiger partial charge is 0.378 e. The second-order valence-electron chi connectivity index (χ2n) is 4.58. The number of halogens is 5. The van der Waals surface area contributed by atoms with Crippen molar-refractivity contribution in [3.63, 3.8) is 0 Å². The molecule has 1 atom stereocenters. The topological polar surface area (TPSA) is 12.0 Å². The van der Waals surface area contributed by atoms with Crippen LogP contribution >= 0.6 is 27.5 Å². The predicted molar refractivity (Wildman–Crippen MR) is 82.6 cm³/mol. The molecule has 0 heterocycles. The summed E-state index contributed by atoms with van der Waals surface area (Å²) in [5.41, 5.74) is 0.255. The molecule has 0 radical (unpaired) electrons. The SMILES string of the molecule is CC(Nc1ccc(Cl)cc1Br)c1ccccc1C(F)(F)F. The van der Waals surface area contributed by atoms with Gasteiger partial charge >= 0.3 is 6.18 Å². The Kier molecular flexibility index (Phi) is 4.84. The first-order chi connectivity index (χ1) is 9.79. The van der Waals surface area contributed by atoms with Crippen LogP contribution < -0.4 is 5.32 Å². The average molecular weight is 379 g/mol. The van der Waals surface area contributed by atoms with Gasteiger partial charge in [-0.3, -0.25) is 0 Å². The van der Waals surface area contributed by atoms with E-state index in [-0.39, 0.29) is 5.56 Å². The Balaban J connectivity index is 2.31. The molecule has 2 rings (SSSR count). The first-order valence-corrected chi connectivity index (χ1v) is 7.34. The van der Waals surface area contributed by atoms with E-state index >= 15 is 0 Å². The van der Waals surface area contributed by atoms with Crippen LogP contribution in [0.2, 0.25) is 5.02 Å². The fraction of sp³-hybridized carbons (Fsp3) is 0.200. The number of rotatable bonds is 3. The molecule has 6 heteroatoms. The van der Waals surface area contributed by atoms with Crippen LogP contribution in [0.5, 0.6) is 0 Å². The number of anilines is 1. The Morgan fingerprint density at radius 1 is 1.14 bits per heavy atom. The molecule has 0 aliphatic carbocycles. The molecule has 112 valence electrons. The Labute approximate surface area is 134 Å². The highest BCUT2D eigenvalue weighted by Gasteiger charge is 2.34. The van der Waals surface area contributed by atoms with E-state index < -0.39 is 17.8 Å². The first-order valence-electron chi connectivity index (χ1n) is 6.16. The summed E-state index contributed by atoms with van der Waals surface area (Å²) in [6.07, 6.45) is -4.37. The average Bonchev–Trinajstić information content (AvgIpc) is 2.41. The maximum absolute atomic E-state index is 13.0. The second-order valence-corrected chi connectivity index (χ2v) is 5.87. The lowest BCUT2D eigenvalue weighted by Crippen LogP contribution is -2.15. The lowest BCUT2D eigenvalue weighted by Gasteiger charge is -2.21. The molecule has 0 aromatic heterocycles. The molecule has 1 unspecified atom stereocenters. The quantitative estimate of drug-likeness (QED) is 0.661. The van der Waals surface area contributed by atoms with E-state index in [1.807, 2.05) is 0 Å². The third kappa shape index (κ3) is 3.92. The Hall–Kier alpha value is -1.20. The monoisotopic (exact) mass is 377 g/mol. The van der Waals surface area contributed by atoms with E-state index in [2.05, 4.69) is 21.2 Å². The normalized spacial score (nSPS) is 13.0. The Bertz CT molecular complexity index is 643. The van der Waals surface area contributed by atoms with Crippen molar-refractivity contribution in [2.45, 2.75) is 19.1 Å². The summed E-state index contributed by atoms with van der Waals surface area (Å²) in [5, 5.41) is 3.61. The summed E-state index contributed by atoms with van der Waals surface area (Å²) in [6, 6.07) is 10.1. The summed E-state index contributed by atoms with van der Waals surface area (Å²) in [4.78, 5) is 0. The zero-order chi connectivity index (χ0) is 15.6. The third-order valence-corrected chi connectivity index (χ3v) is 3.93. The van der Waals surface area contributed by atoms with E-state index in [0.29, 0.717) is 15.2 Å². The van der Waals surface area contributed by atoms with Gasteiger partial charge in [0.05, 0.1) is 5.56 Å². The van der Waals surface area contributed by atoms with Gasteiger partial charge in [-0.05, 0) is 52.7 Å². The lowest BCUT2D eigenvalue weighted by molar-refractivity contribution is -0.138. The van der Waals surface area contributed by atoms with E-state index in [4.69, 9.17) is 11.6 Å². The van der Waals surface area contributed by atoms with Gasteiger partial charge in [0, 0.05) is 21.2 Å². The Morgan fingerprint density at radius 3 is 2.43 bits per heavy atom. The molecule has 1 nitrogen and oxygen atoms in total. The molecular formula is C15H12BrClF3N. The van der Waals surface area contributed by atoms with Gasteiger partial charge < -0.3 is 5.32 Å². The van der Waals surface area contributed by atoms with Crippen LogP contribution in [0.1, 0.15) is 24.1 Å². The van der Waals surface area contributed by atoms with E-state index in [1.165, 1.54) is 12.1 Å². The molecule has 2 aromatic rings. The zero-order valence-electron chi connectivity index (χ0n) is 11.0. The van der Waals surface area contributed by atoms with Crippen LogP contribution in [0.4, 0.5) is 18.9 Å². The highest BCUT2D eigenvalue weighted by Crippen LogP contribution is 2.36. The van der Waals surface area contributed by atoms with Crippen molar-refractivity contribution < 1.29 is 13.2 Å². The highest BCUT2D eigenvalue weighted by atomic mass is 79.9. The Morgan fingerprint density at radius 2 is 1.81 bits per heavy atom. The van der Waals surface area contributed by atoms with Crippen molar-refractivity contribution in [2.24, 2.45) is 0 Å². The summed E-state index contributed by atoms with van der Waals surface area (Å²) in [7, 11) is 0. The molecule has 0 saturated carbocycles. The number of nitrogens with one attached hydrogen (secondary N) is 1. The summed E-state index contributed by atoms with van der Waals surface area (Å²) in [6.45, 7) is 1.69. The summed E-state index contributed by atoms with van der Waals surface area (Å²) in [5.74, 6) is 0. The van der Waals surface area contributed by atoms with Crippen LogP contribution in [-0.4, -0.2) is 0 Å². The van der Waals surface area contributed by atoms with Gasteiger partial charge in [0.25, 0.3) is 0 Å². The lowest BCUT2D eigenvalue weighted by atomic mass is 10.0. The van der Waals surface area contributed by atoms with Crippen LogP contribution in [0.3, 0.4) is 0 Å². The van der Waals surface area contributed by atoms with Crippen molar-refractivity contribution in [1.29, 1.82) is 0 Å². The molecule has 0 aliphatic heterocycles. The molecule has 0 spiro atoms. The summed E-state index contributed by atoms with van der Waals surface area (Å²) >= 11 is 9.19. The number of benzene rings is 2. The van der Waals surface area contributed by atoms with Crippen LogP contribution in [-0.2, 0) is 6.18 Å². The van der Waals surface area contributed by atoms with Crippen LogP contribution in [0, 0.1) is 0 Å². The molecule has 21 heavy (non-hydrogen) atoms. The molecule has 0 bridgehead atoms. The molecular weight excluding hydrogens is 367 g/mol. The maximum atomic E-state index is 13.0. The summed E-state index contributed by atoms with van der Waals surface area (Å²) < 4.78 is 39.8. The second kappa shape index (κ2) is 6.28. The molecule has 0 aliphatic rings. The molecule has 2 aromatic carbocycles. The van der Waals surface area contributed by atoms with Crippen molar-refractivity contribution in [2.75, 3.05) is 5.32 Å². The standard InChI is InChI=1S/C15H12BrClF3N/c1-9(21-14-7-6-10(17)8-13(14)16)11-4-2-3-5-12(11)15(18,19)20/h2-9,21H,1H3. The van der Waals surface area contributed by atoms with Crippen molar-refractivity contribution in [3.8, 4) is 0 Å². The number of hydrogen-bond acceptors (Lipinski definition) is 1. The highest BCUT2D eigenvalue weighted by molar-refractivity contribution is 9.10. The van der Waals surface area contributed by atoms with Gasteiger partial charge in [-0.1, -0.05) is 29.8 Å². The largest absolute Gasteiger partial charge is 0.416 e. The van der Waals surface area contributed by atoms with Crippen molar-refractivity contribution >= 4 is 33.2 Å². The zero-order valence-corrected chi connectivity index (χ0v) is 13.4. The minimum atomic E-state index is -4.37. The third-order valence-electron chi connectivity index (χ3n) is 3.04.